The van der Waals surface area contributed by atoms with Gasteiger partial charge in [-0.25, -0.2) is 9.00 Å². The molecule has 2 aliphatic rings. The van der Waals surface area contributed by atoms with Crippen molar-refractivity contribution in [2.45, 2.75) is 44.6 Å². The zero-order valence-corrected chi connectivity index (χ0v) is 16.5. The van der Waals surface area contributed by atoms with Gasteiger partial charge in [-0.1, -0.05) is 17.7 Å². The first kappa shape index (κ1) is 19.0. The number of methoxy groups -OCH3 is 1. The Kier molecular flexibility index (Phi) is 5.46. The fourth-order valence-corrected chi connectivity index (χ4v) is 6.45. The van der Waals surface area contributed by atoms with Gasteiger partial charge in [0.15, 0.2) is 0 Å². The summed E-state index contributed by atoms with van der Waals surface area (Å²) in [6, 6.07) is 5.95. The third kappa shape index (κ3) is 3.98. The summed E-state index contributed by atoms with van der Waals surface area (Å²) in [5.74, 6) is 1.64. The minimum absolute atomic E-state index is 0.0915. The van der Waals surface area contributed by atoms with Crippen LogP contribution in [0, 0.1) is 11.7 Å². The van der Waals surface area contributed by atoms with Gasteiger partial charge in [-0.15, -0.1) is 0 Å². The number of hydrogen-bond donors (Lipinski definition) is 2. The molecule has 0 aromatic heterocycles. The predicted octanol–water partition coefficient (Wildman–Crippen LogP) is 2.93. The fourth-order valence-electron chi connectivity index (χ4n) is 4.38. The highest BCUT2D eigenvalue weighted by atomic mass is 32.2. The second kappa shape index (κ2) is 7.47. The van der Waals surface area contributed by atoms with Gasteiger partial charge in [0.25, 0.3) is 0 Å². The second-order valence-corrected chi connectivity index (χ2v) is 9.86. The third-order valence-electron chi connectivity index (χ3n) is 5.57. The topological polar surface area (TPSA) is 82.5 Å². The van der Waals surface area contributed by atoms with Gasteiger partial charge in [-0.05, 0) is 50.7 Å². The van der Waals surface area contributed by atoms with E-state index in [2.05, 4.69) is 11.4 Å². The maximum absolute atomic E-state index is 12.8. The lowest BCUT2D eigenvalue weighted by Gasteiger charge is -2.41. The van der Waals surface area contributed by atoms with Crippen LogP contribution in [0.4, 0.5) is 4.79 Å². The van der Waals surface area contributed by atoms with Gasteiger partial charge in [-0.3, -0.25) is 4.78 Å². The molecule has 2 N–H and O–H groups in total. The number of urea groups is 1. The second-order valence-electron chi connectivity index (χ2n) is 7.54. The summed E-state index contributed by atoms with van der Waals surface area (Å²) < 4.78 is 25.7. The molecule has 2 aliphatic heterocycles. The zero-order chi connectivity index (χ0) is 18.8. The van der Waals surface area contributed by atoms with Gasteiger partial charge in [0.1, 0.15) is 5.75 Å². The highest BCUT2D eigenvalue weighted by Gasteiger charge is 2.47. The van der Waals surface area contributed by atoms with E-state index in [0.717, 1.165) is 42.6 Å². The van der Waals surface area contributed by atoms with Gasteiger partial charge in [0.2, 0.25) is 0 Å². The molecule has 1 spiro atoms. The van der Waals surface area contributed by atoms with Crippen LogP contribution in [0.2, 0.25) is 0 Å². The van der Waals surface area contributed by atoms with E-state index < -0.39 is 9.73 Å². The van der Waals surface area contributed by atoms with Crippen molar-refractivity contribution in [3.05, 3.63) is 29.3 Å². The van der Waals surface area contributed by atoms with Crippen LogP contribution in [0.5, 0.6) is 5.75 Å². The largest absolute Gasteiger partial charge is 0.496 e. The number of benzene rings is 1. The molecule has 2 saturated heterocycles. The van der Waals surface area contributed by atoms with Crippen LogP contribution in [-0.2, 0) is 16.1 Å². The van der Waals surface area contributed by atoms with E-state index in [1.165, 1.54) is 0 Å². The summed E-state index contributed by atoms with van der Waals surface area (Å²) in [4.78, 5) is 14.6. The fraction of sp³-hybridized carbons (Fsp3) is 0.632. The number of ether oxygens (including phenoxy) is 1. The first-order valence-electron chi connectivity index (χ1n) is 9.28. The molecule has 26 heavy (non-hydrogen) atoms. The minimum atomic E-state index is -2.56. The van der Waals surface area contributed by atoms with Crippen LogP contribution in [0.3, 0.4) is 0 Å². The van der Waals surface area contributed by atoms with Gasteiger partial charge >= 0.3 is 6.03 Å². The van der Waals surface area contributed by atoms with Crippen LogP contribution in [0.25, 0.3) is 0 Å². The third-order valence-corrected chi connectivity index (χ3v) is 7.52. The monoisotopic (exact) mass is 379 g/mol. The normalized spacial score (nSPS) is 28.3. The maximum Gasteiger partial charge on any atom is 0.317 e. The molecule has 0 bridgehead atoms. The van der Waals surface area contributed by atoms with Crippen molar-refractivity contribution >= 4 is 15.8 Å². The van der Waals surface area contributed by atoms with E-state index in [-0.39, 0.29) is 11.6 Å². The summed E-state index contributed by atoms with van der Waals surface area (Å²) in [6.45, 7) is 3.26. The Bertz CT molecular complexity index is 778. The summed E-state index contributed by atoms with van der Waals surface area (Å²) in [6.07, 6.45) is 4.12. The highest BCUT2D eigenvalue weighted by molar-refractivity contribution is 7.92. The molecule has 144 valence electrons. The maximum atomic E-state index is 12.8. The van der Waals surface area contributed by atoms with Gasteiger partial charge in [0, 0.05) is 28.6 Å². The van der Waals surface area contributed by atoms with Crippen LogP contribution in [0.1, 0.15) is 36.8 Å². The van der Waals surface area contributed by atoms with E-state index in [1.54, 1.807) is 7.11 Å². The van der Waals surface area contributed by atoms with Crippen molar-refractivity contribution in [2.24, 2.45) is 0 Å². The average Bonchev–Trinajstić information content (AvgIpc) is 2.96. The van der Waals surface area contributed by atoms with Crippen molar-refractivity contribution in [3.63, 3.8) is 0 Å². The van der Waals surface area contributed by atoms with Crippen LogP contribution in [-0.4, -0.2) is 52.4 Å². The van der Waals surface area contributed by atoms with E-state index in [9.17, 15) is 9.00 Å². The summed E-state index contributed by atoms with van der Waals surface area (Å²) >= 11 is 0. The number of hydrogen-bond acceptors (Lipinski definition) is 4. The lowest BCUT2D eigenvalue weighted by Crippen LogP contribution is -2.56. The summed E-state index contributed by atoms with van der Waals surface area (Å²) in [5.41, 5.74) is 1.87. The molecule has 2 heterocycles. The van der Waals surface area contributed by atoms with Crippen molar-refractivity contribution < 1.29 is 13.7 Å². The molecule has 0 aliphatic carbocycles. The molecule has 7 heteroatoms. The van der Waals surface area contributed by atoms with Crippen molar-refractivity contribution in [2.75, 3.05) is 31.7 Å². The summed E-state index contributed by atoms with van der Waals surface area (Å²) in [7, 11) is -0.902. The molecule has 2 unspecified atom stereocenters. The zero-order valence-electron chi connectivity index (χ0n) is 15.7. The van der Waals surface area contributed by atoms with E-state index in [0.29, 0.717) is 31.0 Å². The Morgan fingerprint density at radius 2 is 2.15 bits per heavy atom. The molecule has 2 atom stereocenters. The Morgan fingerprint density at radius 1 is 1.38 bits per heavy atom. The lowest BCUT2D eigenvalue weighted by atomic mass is 9.92. The highest BCUT2D eigenvalue weighted by Crippen LogP contribution is 2.38. The van der Waals surface area contributed by atoms with Crippen molar-refractivity contribution in [1.29, 1.82) is 4.78 Å². The van der Waals surface area contributed by atoms with Crippen LogP contribution in [0.15, 0.2) is 18.2 Å². The Balaban J connectivity index is 1.62. The Hall–Kier alpha value is -1.76. The lowest BCUT2D eigenvalue weighted by molar-refractivity contribution is 0.149. The number of carbonyl (C=O) groups is 1. The molecule has 6 nitrogen and oxygen atoms in total. The van der Waals surface area contributed by atoms with E-state index >= 15 is 0 Å². The number of carbonyl (C=O) groups excluding carboxylic acids is 1. The number of rotatable bonds is 4. The molecule has 0 radical (unpaired) electrons. The number of amides is 2. The first-order chi connectivity index (χ1) is 12.4. The molecular formula is C19H29N3O3S. The average molecular weight is 380 g/mol. The van der Waals surface area contributed by atoms with Gasteiger partial charge in [-0.2, -0.15) is 0 Å². The van der Waals surface area contributed by atoms with Crippen molar-refractivity contribution in [1.82, 2.24) is 10.2 Å². The predicted molar refractivity (Wildman–Crippen MR) is 103 cm³/mol. The molecule has 3 rings (SSSR count). The van der Waals surface area contributed by atoms with Crippen LogP contribution < -0.4 is 10.1 Å². The van der Waals surface area contributed by atoms with Gasteiger partial charge < -0.3 is 15.0 Å². The standard InChI is InChI=1S/C19H29N3O3S/c1-15-5-6-17(25-2)16(13-15)7-10-21-18(23)22-11-3-8-19(22)9-4-12-26(20,24)14-19/h5-6,13,20H,3-4,7-12,14H2,1-2H3,(H,21,23). The van der Waals surface area contributed by atoms with Crippen LogP contribution >= 0.6 is 0 Å². The smallest absolute Gasteiger partial charge is 0.317 e. The molecule has 1 aromatic rings. The number of aryl methyl sites for hydroxylation is 1. The molecule has 0 saturated carbocycles. The number of nitrogens with zero attached hydrogens (tertiary/aromatic N) is 1. The Labute approximate surface area is 156 Å². The van der Waals surface area contributed by atoms with Crippen molar-refractivity contribution in [3.8, 4) is 5.75 Å². The number of nitrogens with one attached hydrogen (secondary N) is 2. The van der Waals surface area contributed by atoms with Gasteiger partial charge in [0.05, 0.1) is 18.4 Å². The van der Waals surface area contributed by atoms with E-state index in [4.69, 9.17) is 9.52 Å². The SMILES string of the molecule is COc1ccc(C)cc1CCNC(=O)N1CCCC12CCCS(=N)(=O)C2. The summed E-state index contributed by atoms with van der Waals surface area (Å²) in [5, 5.41) is 3.02. The molecule has 2 amide bonds. The van der Waals surface area contributed by atoms with E-state index in [1.807, 2.05) is 24.0 Å². The Morgan fingerprint density at radius 3 is 2.88 bits per heavy atom. The molecular weight excluding hydrogens is 350 g/mol. The first-order valence-corrected chi connectivity index (χ1v) is 11.2. The minimum Gasteiger partial charge on any atom is -0.496 e. The molecule has 1 aromatic carbocycles. The quantitative estimate of drug-likeness (QED) is 0.844. The number of likely N-dealkylation sites (tertiary alicyclic amines) is 1. The molecule has 2 fully saturated rings.